The Hall–Kier alpha value is -1.96. The van der Waals surface area contributed by atoms with Crippen molar-refractivity contribution in [2.75, 3.05) is 6.61 Å². The Bertz CT molecular complexity index is 818. The second-order valence-corrected chi connectivity index (χ2v) is 7.21. The van der Waals surface area contributed by atoms with Gasteiger partial charge in [-0.25, -0.2) is 0 Å². The van der Waals surface area contributed by atoms with Gasteiger partial charge in [0.25, 0.3) is 5.79 Å². The summed E-state index contributed by atoms with van der Waals surface area (Å²) in [6, 6.07) is 14.0. The first-order chi connectivity index (χ1) is 13.0. The summed E-state index contributed by atoms with van der Waals surface area (Å²) < 4.78 is 11.3. The SMILES string of the molecule is CCc1ccc(Cc2ccc3c(c2)C2(O3)OC(CO)C(O)C(O)C2O)cc1. The highest BCUT2D eigenvalue weighted by molar-refractivity contribution is 5.49. The Morgan fingerprint density at radius 3 is 2.26 bits per heavy atom. The fourth-order valence-electron chi connectivity index (χ4n) is 3.80. The molecule has 1 saturated heterocycles. The second-order valence-electron chi connectivity index (χ2n) is 7.21. The minimum atomic E-state index is -1.57. The summed E-state index contributed by atoms with van der Waals surface area (Å²) in [5.74, 6) is -1.01. The zero-order chi connectivity index (χ0) is 19.2. The quantitative estimate of drug-likeness (QED) is 0.635. The second kappa shape index (κ2) is 6.89. The number of hydrogen-bond donors (Lipinski definition) is 4. The van der Waals surface area contributed by atoms with Crippen LogP contribution in [0.2, 0.25) is 0 Å². The van der Waals surface area contributed by atoms with Gasteiger partial charge in [-0.05, 0) is 41.7 Å². The Morgan fingerprint density at radius 1 is 0.926 bits per heavy atom. The molecule has 27 heavy (non-hydrogen) atoms. The third kappa shape index (κ3) is 2.94. The highest BCUT2D eigenvalue weighted by atomic mass is 16.7. The van der Waals surface area contributed by atoms with E-state index in [2.05, 4.69) is 31.2 Å². The van der Waals surface area contributed by atoms with Crippen LogP contribution < -0.4 is 4.74 Å². The number of aliphatic hydroxyl groups excluding tert-OH is 4. The van der Waals surface area contributed by atoms with Crippen molar-refractivity contribution < 1.29 is 29.9 Å². The van der Waals surface area contributed by atoms with Crippen LogP contribution in [-0.2, 0) is 23.4 Å². The van der Waals surface area contributed by atoms with Crippen molar-refractivity contribution in [1.29, 1.82) is 0 Å². The van der Waals surface area contributed by atoms with E-state index >= 15 is 0 Å². The summed E-state index contributed by atoms with van der Waals surface area (Å²) >= 11 is 0. The lowest BCUT2D eigenvalue weighted by Gasteiger charge is -2.53. The lowest BCUT2D eigenvalue weighted by Crippen LogP contribution is -2.68. The maximum atomic E-state index is 10.5. The summed E-state index contributed by atoms with van der Waals surface area (Å²) in [5, 5.41) is 40.0. The normalized spacial score (nSPS) is 31.9. The Balaban J connectivity index is 1.61. The minimum Gasteiger partial charge on any atom is -0.454 e. The van der Waals surface area contributed by atoms with Crippen LogP contribution in [0.25, 0.3) is 0 Å². The molecule has 0 radical (unpaired) electrons. The molecule has 0 aromatic heterocycles. The topological polar surface area (TPSA) is 99.4 Å². The van der Waals surface area contributed by atoms with Crippen LogP contribution in [0.1, 0.15) is 29.2 Å². The number of benzene rings is 2. The molecule has 2 aliphatic rings. The molecule has 4 rings (SSSR count). The summed E-state index contributed by atoms with van der Waals surface area (Å²) in [6.07, 6.45) is -3.66. The number of rotatable bonds is 4. The van der Waals surface area contributed by atoms with E-state index in [0.29, 0.717) is 17.7 Å². The van der Waals surface area contributed by atoms with Crippen molar-refractivity contribution in [2.45, 2.75) is 50.0 Å². The molecule has 4 N–H and O–H groups in total. The van der Waals surface area contributed by atoms with Crippen LogP contribution in [0.3, 0.4) is 0 Å². The average Bonchev–Trinajstić information content (AvgIpc) is 2.68. The minimum absolute atomic E-state index is 0.491. The van der Waals surface area contributed by atoms with Crippen LogP contribution in [0.15, 0.2) is 42.5 Å². The number of ether oxygens (including phenoxy) is 2. The fraction of sp³-hybridized carbons (Fsp3) is 0.429. The molecule has 0 bridgehead atoms. The molecule has 0 amide bonds. The number of aliphatic hydroxyl groups is 4. The van der Waals surface area contributed by atoms with Crippen LogP contribution in [-0.4, -0.2) is 51.4 Å². The monoisotopic (exact) mass is 372 g/mol. The van der Waals surface area contributed by atoms with Gasteiger partial charge >= 0.3 is 0 Å². The maximum absolute atomic E-state index is 10.5. The fourth-order valence-corrected chi connectivity index (χ4v) is 3.80. The first kappa shape index (κ1) is 18.4. The summed E-state index contributed by atoms with van der Waals surface area (Å²) in [5.41, 5.74) is 4.07. The van der Waals surface area contributed by atoms with E-state index in [1.165, 1.54) is 5.56 Å². The molecule has 2 aromatic carbocycles. The van der Waals surface area contributed by atoms with Gasteiger partial charge in [0.1, 0.15) is 24.1 Å². The smallest absolute Gasteiger partial charge is 0.270 e. The van der Waals surface area contributed by atoms with E-state index in [0.717, 1.165) is 17.5 Å². The average molecular weight is 372 g/mol. The van der Waals surface area contributed by atoms with Gasteiger partial charge in [0, 0.05) is 0 Å². The number of fused-ring (bicyclic) bond motifs is 2. The van der Waals surface area contributed by atoms with Crippen molar-refractivity contribution >= 4 is 0 Å². The highest BCUT2D eigenvalue weighted by Crippen LogP contribution is 2.51. The van der Waals surface area contributed by atoms with E-state index < -0.39 is 36.8 Å². The van der Waals surface area contributed by atoms with Crippen molar-refractivity contribution in [2.24, 2.45) is 0 Å². The molecular formula is C21H24O6. The molecule has 2 aromatic rings. The summed E-state index contributed by atoms with van der Waals surface area (Å²) in [4.78, 5) is 0. The van der Waals surface area contributed by atoms with E-state index in [9.17, 15) is 20.4 Å². The van der Waals surface area contributed by atoms with Gasteiger partial charge in [-0.3, -0.25) is 0 Å². The van der Waals surface area contributed by atoms with Crippen LogP contribution in [0.5, 0.6) is 5.75 Å². The predicted octanol–water partition coefficient (Wildman–Crippen LogP) is 0.859. The summed E-state index contributed by atoms with van der Waals surface area (Å²) in [6.45, 7) is 1.63. The molecule has 0 saturated carbocycles. The number of aryl methyl sites for hydroxylation is 1. The summed E-state index contributed by atoms with van der Waals surface area (Å²) in [7, 11) is 0. The van der Waals surface area contributed by atoms with Gasteiger partial charge in [0.05, 0.1) is 12.2 Å². The zero-order valence-electron chi connectivity index (χ0n) is 15.1. The molecule has 6 nitrogen and oxygen atoms in total. The van der Waals surface area contributed by atoms with E-state index in [1.807, 2.05) is 12.1 Å². The molecule has 1 spiro atoms. The zero-order valence-corrected chi connectivity index (χ0v) is 15.1. The highest BCUT2D eigenvalue weighted by Gasteiger charge is 2.61. The van der Waals surface area contributed by atoms with E-state index in [4.69, 9.17) is 9.47 Å². The largest absolute Gasteiger partial charge is 0.454 e. The van der Waals surface area contributed by atoms with E-state index in [1.54, 1.807) is 6.07 Å². The maximum Gasteiger partial charge on any atom is 0.270 e. The molecule has 5 unspecified atom stereocenters. The predicted molar refractivity (Wildman–Crippen MR) is 97.4 cm³/mol. The van der Waals surface area contributed by atoms with Gasteiger partial charge in [-0.1, -0.05) is 37.3 Å². The number of hydrogen-bond acceptors (Lipinski definition) is 6. The lowest BCUT2D eigenvalue weighted by atomic mass is 9.83. The molecule has 144 valence electrons. The van der Waals surface area contributed by atoms with Crippen LogP contribution >= 0.6 is 0 Å². The van der Waals surface area contributed by atoms with Crippen LogP contribution in [0, 0.1) is 0 Å². The van der Waals surface area contributed by atoms with Crippen molar-refractivity contribution in [1.82, 2.24) is 0 Å². The van der Waals surface area contributed by atoms with Gasteiger partial charge in [-0.2, -0.15) is 0 Å². The van der Waals surface area contributed by atoms with Gasteiger partial charge in [0.2, 0.25) is 0 Å². The molecule has 1 fully saturated rings. The Kier molecular flexibility index (Phi) is 4.70. The Labute approximate surface area is 157 Å². The third-order valence-corrected chi connectivity index (χ3v) is 5.47. The van der Waals surface area contributed by atoms with Gasteiger partial charge in [0.15, 0.2) is 6.10 Å². The lowest BCUT2D eigenvalue weighted by molar-refractivity contribution is -0.362. The molecule has 0 aliphatic carbocycles. The van der Waals surface area contributed by atoms with Crippen molar-refractivity contribution in [3.05, 3.63) is 64.7 Å². The Morgan fingerprint density at radius 2 is 1.59 bits per heavy atom. The molecule has 2 aliphatic heterocycles. The van der Waals surface area contributed by atoms with Gasteiger partial charge in [-0.15, -0.1) is 0 Å². The van der Waals surface area contributed by atoms with Crippen LogP contribution in [0.4, 0.5) is 0 Å². The molecule has 6 heteroatoms. The first-order valence-electron chi connectivity index (χ1n) is 9.21. The third-order valence-electron chi connectivity index (χ3n) is 5.47. The van der Waals surface area contributed by atoms with Crippen molar-refractivity contribution in [3.8, 4) is 5.75 Å². The van der Waals surface area contributed by atoms with Crippen molar-refractivity contribution in [3.63, 3.8) is 0 Å². The van der Waals surface area contributed by atoms with Gasteiger partial charge < -0.3 is 29.9 Å². The van der Waals surface area contributed by atoms with E-state index in [-0.39, 0.29) is 0 Å². The molecular weight excluding hydrogens is 348 g/mol. The standard InChI is InChI=1S/C21H24O6/c1-2-12-3-5-13(6-4-12)9-14-7-8-16-15(10-14)21(26-16)20(25)19(24)18(23)17(11-22)27-21/h3-8,10,17-20,22-25H,2,9,11H2,1H3. The first-order valence-corrected chi connectivity index (χ1v) is 9.21. The molecule has 2 heterocycles. The molecule has 5 atom stereocenters.